The lowest BCUT2D eigenvalue weighted by Crippen LogP contribution is -1.84. The minimum atomic E-state index is 0.322. The molecule has 2 aromatic heterocycles. The van der Waals surface area contributed by atoms with Gasteiger partial charge in [-0.15, -0.1) is 21.5 Å². The van der Waals surface area contributed by atoms with Gasteiger partial charge in [-0.1, -0.05) is 34.2 Å². The van der Waals surface area contributed by atoms with Gasteiger partial charge in [0.05, 0.1) is 9.70 Å². The zero-order valence-corrected chi connectivity index (χ0v) is 12.7. The molecule has 0 aliphatic carbocycles. The molecule has 0 radical (unpaired) electrons. The molecule has 0 N–H and O–H groups in total. The second-order valence-electron chi connectivity index (χ2n) is 2.92. The van der Waals surface area contributed by atoms with Gasteiger partial charge in [-0.25, -0.2) is 0 Å². The van der Waals surface area contributed by atoms with Crippen LogP contribution in [0.4, 0.5) is 0 Å². The molecule has 0 aliphatic rings. The highest BCUT2D eigenvalue weighted by atomic mass is 79.9. The third kappa shape index (κ3) is 2.49. The highest BCUT2D eigenvalue weighted by Gasteiger charge is 2.14. The van der Waals surface area contributed by atoms with Gasteiger partial charge in [-0.05, 0) is 33.8 Å². The molecule has 0 amide bonds. The molecule has 0 aliphatic heterocycles. The summed E-state index contributed by atoms with van der Waals surface area (Å²) in [4.78, 5) is 1.48. The van der Waals surface area contributed by atoms with E-state index in [1.807, 2.05) is 11.4 Å². The Kier molecular flexibility index (Phi) is 3.93. The van der Waals surface area contributed by atoms with Crippen LogP contribution in [0.1, 0.15) is 23.2 Å². The molecule has 2 nitrogen and oxygen atoms in total. The molecule has 2 aromatic rings. The summed E-state index contributed by atoms with van der Waals surface area (Å²) in [7, 11) is 0. The fourth-order valence-corrected chi connectivity index (χ4v) is 4.14. The van der Waals surface area contributed by atoms with Crippen LogP contribution in [-0.2, 0) is 0 Å². The van der Waals surface area contributed by atoms with Crippen LogP contribution in [0.3, 0.4) is 0 Å². The van der Waals surface area contributed by atoms with Crippen molar-refractivity contribution >= 4 is 54.5 Å². The fraction of sp³-hybridized carbons (Fsp3) is 0.333. The molecule has 15 heavy (non-hydrogen) atoms. The number of aromatic nitrogens is 2. The highest BCUT2D eigenvalue weighted by Crippen LogP contribution is 2.38. The maximum Gasteiger partial charge on any atom is 0.159 e. The first kappa shape index (κ1) is 11.7. The smallest absolute Gasteiger partial charge is 0.142 e. The van der Waals surface area contributed by atoms with Gasteiger partial charge in [0.1, 0.15) is 5.01 Å². The van der Waals surface area contributed by atoms with Gasteiger partial charge in [0.15, 0.2) is 5.01 Å². The lowest BCUT2D eigenvalue weighted by Gasteiger charge is -1.97. The van der Waals surface area contributed by atoms with Crippen molar-refractivity contribution in [2.75, 3.05) is 0 Å². The number of alkyl halides is 1. The average Bonchev–Trinajstić information content (AvgIpc) is 2.84. The molecule has 1 unspecified atom stereocenters. The van der Waals surface area contributed by atoms with Gasteiger partial charge in [0, 0.05) is 4.47 Å². The third-order valence-corrected chi connectivity index (χ3v) is 6.29. The van der Waals surface area contributed by atoms with E-state index in [9.17, 15) is 0 Å². The van der Waals surface area contributed by atoms with Crippen LogP contribution in [-0.4, -0.2) is 10.2 Å². The minimum absolute atomic E-state index is 0.322. The second-order valence-corrected chi connectivity index (χ2v) is 6.80. The lowest BCUT2D eigenvalue weighted by molar-refractivity contribution is 0.870. The van der Waals surface area contributed by atoms with E-state index >= 15 is 0 Å². The monoisotopic (exact) mass is 366 g/mol. The van der Waals surface area contributed by atoms with Crippen molar-refractivity contribution in [3.8, 4) is 9.88 Å². The van der Waals surface area contributed by atoms with Crippen LogP contribution in [0.2, 0.25) is 0 Å². The summed E-state index contributed by atoms with van der Waals surface area (Å²) in [6.45, 7) is 2.13. The predicted molar refractivity (Wildman–Crippen MR) is 72.9 cm³/mol. The van der Waals surface area contributed by atoms with Crippen molar-refractivity contribution in [3.05, 3.63) is 20.9 Å². The average molecular weight is 368 g/mol. The Bertz CT molecular complexity index is 452. The summed E-state index contributed by atoms with van der Waals surface area (Å²) >= 11 is 10.4. The van der Waals surface area contributed by atoms with Crippen molar-refractivity contribution in [3.63, 3.8) is 0 Å². The molecule has 0 saturated carbocycles. The molecule has 0 saturated heterocycles. The Hall–Kier alpha value is 0.220. The van der Waals surface area contributed by atoms with E-state index in [0.29, 0.717) is 4.83 Å². The van der Waals surface area contributed by atoms with Crippen molar-refractivity contribution < 1.29 is 0 Å². The fourth-order valence-electron chi connectivity index (χ4n) is 1.07. The normalized spacial score (nSPS) is 13.0. The molecular weight excluding hydrogens is 360 g/mol. The Morgan fingerprint density at radius 1 is 1.47 bits per heavy atom. The summed E-state index contributed by atoms with van der Waals surface area (Å²) in [6, 6.07) is 2.03. The summed E-state index contributed by atoms with van der Waals surface area (Å²) in [5.74, 6) is 0. The summed E-state index contributed by atoms with van der Waals surface area (Å²) < 4.78 is 1.10. The number of nitrogens with zero attached hydrogens (tertiary/aromatic N) is 2. The molecule has 0 aromatic carbocycles. The maximum absolute atomic E-state index is 4.21. The standard InChI is InChI=1S/C9H8Br2N2S2/c1-2-5(10)8-12-13-9(15-8)7-6(11)3-4-14-7/h3-5H,2H2,1H3. The molecule has 2 rings (SSSR count). The molecular formula is C9H8Br2N2S2. The van der Waals surface area contributed by atoms with Crippen molar-refractivity contribution in [2.45, 2.75) is 18.2 Å². The van der Waals surface area contributed by atoms with Gasteiger partial charge in [0.25, 0.3) is 0 Å². The van der Waals surface area contributed by atoms with Gasteiger partial charge in [0.2, 0.25) is 0 Å². The SMILES string of the molecule is CCC(Br)c1nnc(-c2sccc2Br)s1. The van der Waals surface area contributed by atoms with Crippen LogP contribution in [0.15, 0.2) is 15.9 Å². The Balaban J connectivity index is 2.32. The second kappa shape index (κ2) is 5.03. The van der Waals surface area contributed by atoms with Crippen molar-refractivity contribution in [2.24, 2.45) is 0 Å². The Morgan fingerprint density at radius 2 is 2.27 bits per heavy atom. The van der Waals surface area contributed by atoms with E-state index < -0.39 is 0 Å². The summed E-state index contributed by atoms with van der Waals surface area (Å²) in [5, 5.41) is 12.5. The molecule has 6 heteroatoms. The zero-order valence-electron chi connectivity index (χ0n) is 7.91. The summed E-state index contributed by atoms with van der Waals surface area (Å²) in [6.07, 6.45) is 1.03. The van der Waals surface area contributed by atoms with Gasteiger partial charge < -0.3 is 0 Å². The Morgan fingerprint density at radius 3 is 2.87 bits per heavy atom. The zero-order chi connectivity index (χ0) is 10.8. The number of thiophene rings is 1. The predicted octanol–water partition coefficient (Wildman–Crippen LogP) is 4.88. The molecule has 1 atom stereocenters. The first-order chi connectivity index (χ1) is 7.22. The van der Waals surface area contributed by atoms with E-state index in [0.717, 1.165) is 25.8 Å². The van der Waals surface area contributed by atoms with E-state index in [2.05, 4.69) is 49.0 Å². The van der Waals surface area contributed by atoms with E-state index in [1.54, 1.807) is 22.7 Å². The van der Waals surface area contributed by atoms with Crippen LogP contribution in [0.5, 0.6) is 0 Å². The van der Waals surface area contributed by atoms with Gasteiger partial charge in [-0.3, -0.25) is 0 Å². The summed E-state index contributed by atoms with van der Waals surface area (Å²) in [5.41, 5.74) is 0. The molecule has 0 spiro atoms. The molecule has 2 heterocycles. The lowest BCUT2D eigenvalue weighted by atomic mass is 10.4. The quantitative estimate of drug-likeness (QED) is 0.722. The van der Waals surface area contributed by atoms with Crippen molar-refractivity contribution in [1.29, 1.82) is 0 Å². The largest absolute Gasteiger partial charge is 0.159 e. The molecule has 0 fully saturated rings. The van der Waals surface area contributed by atoms with E-state index in [4.69, 9.17) is 0 Å². The van der Waals surface area contributed by atoms with Crippen LogP contribution in [0.25, 0.3) is 9.88 Å². The Labute approximate surface area is 113 Å². The number of halogens is 2. The minimum Gasteiger partial charge on any atom is -0.142 e. The van der Waals surface area contributed by atoms with E-state index in [1.165, 1.54) is 0 Å². The van der Waals surface area contributed by atoms with Crippen molar-refractivity contribution in [1.82, 2.24) is 10.2 Å². The maximum atomic E-state index is 4.21. The topological polar surface area (TPSA) is 25.8 Å². The van der Waals surface area contributed by atoms with Gasteiger partial charge in [-0.2, -0.15) is 0 Å². The first-order valence-electron chi connectivity index (χ1n) is 4.43. The molecule has 0 bridgehead atoms. The number of hydrogen-bond donors (Lipinski definition) is 0. The highest BCUT2D eigenvalue weighted by molar-refractivity contribution is 9.10. The first-order valence-corrected chi connectivity index (χ1v) is 7.83. The number of rotatable bonds is 3. The number of hydrogen-bond acceptors (Lipinski definition) is 4. The van der Waals surface area contributed by atoms with Crippen LogP contribution in [0, 0.1) is 0 Å². The third-order valence-electron chi connectivity index (χ3n) is 1.88. The van der Waals surface area contributed by atoms with Gasteiger partial charge >= 0.3 is 0 Å². The van der Waals surface area contributed by atoms with Crippen LogP contribution >= 0.6 is 54.5 Å². The van der Waals surface area contributed by atoms with Crippen LogP contribution < -0.4 is 0 Å². The molecule has 80 valence electrons. The van der Waals surface area contributed by atoms with E-state index in [-0.39, 0.29) is 0 Å².